The average Bonchev–Trinajstić information content (AvgIpc) is 2.57. The zero-order valence-corrected chi connectivity index (χ0v) is 14.0. The lowest BCUT2D eigenvalue weighted by molar-refractivity contribution is -0.137. The number of carbonyl (C=O) groups excluding carboxylic acids is 1. The molecule has 2 amide bonds. The minimum atomic E-state index is -0.931. The van der Waals surface area contributed by atoms with E-state index in [2.05, 4.69) is 5.32 Å². The molecule has 3 atom stereocenters. The number of hydrogen-bond donors (Lipinski definition) is 2. The molecule has 0 spiro atoms. The molecule has 1 fully saturated rings. The fourth-order valence-corrected chi connectivity index (χ4v) is 2.55. The Labute approximate surface area is 141 Å². The maximum absolute atomic E-state index is 12.1. The predicted molar refractivity (Wildman–Crippen MR) is 88.1 cm³/mol. The van der Waals surface area contributed by atoms with Gasteiger partial charge in [0.15, 0.2) is 0 Å². The van der Waals surface area contributed by atoms with E-state index in [1.54, 1.807) is 7.05 Å². The van der Waals surface area contributed by atoms with Crippen LogP contribution < -0.4 is 10.1 Å². The summed E-state index contributed by atoms with van der Waals surface area (Å²) in [6.45, 7) is 2.66. The Hall–Kier alpha value is -2.28. The molecular formula is C17H24N2O5. The number of para-hydroxylation sites is 1. The molecule has 1 aliphatic rings. The molecule has 1 saturated carbocycles. The van der Waals surface area contributed by atoms with E-state index in [-0.39, 0.29) is 37.2 Å². The van der Waals surface area contributed by atoms with E-state index in [4.69, 9.17) is 14.6 Å². The van der Waals surface area contributed by atoms with Crippen LogP contribution in [-0.4, -0.2) is 60.5 Å². The minimum absolute atomic E-state index is 0.0650. The van der Waals surface area contributed by atoms with Gasteiger partial charge in [0.2, 0.25) is 0 Å². The van der Waals surface area contributed by atoms with E-state index < -0.39 is 5.97 Å². The number of carbonyl (C=O) groups is 2. The van der Waals surface area contributed by atoms with Gasteiger partial charge < -0.3 is 24.8 Å². The van der Waals surface area contributed by atoms with Crippen molar-refractivity contribution in [3.63, 3.8) is 0 Å². The summed E-state index contributed by atoms with van der Waals surface area (Å²) >= 11 is 0. The van der Waals surface area contributed by atoms with E-state index in [9.17, 15) is 9.59 Å². The summed E-state index contributed by atoms with van der Waals surface area (Å²) < 4.78 is 11.6. The molecule has 24 heavy (non-hydrogen) atoms. The van der Waals surface area contributed by atoms with Crippen LogP contribution >= 0.6 is 0 Å². The topological polar surface area (TPSA) is 88.1 Å². The van der Waals surface area contributed by atoms with Crippen molar-refractivity contribution in [1.82, 2.24) is 10.2 Å². The summed E-state index contributed by atoms with van der Waals surface area (Å²) in [5.74, 6) is -0.203. The summed E-state index contributed by atoms with van der Waals surface area (Å²) in [5, 5.41) is 11.6. The smallest absolute Gasteiger partial charge is 0.317 e. The number of rotatable bonds is 8. The molecule has 1 aromatic rings. The lowest BCUT2D eigenvalue weighted by atomic mass is 9.85. The normalized spacial score (nSPS) is 22.3. The number of urea groups is 1. The van der Waals surface area contributed by atoms with Crippen LogP contribution in [0.25, 0.3) is 0 Å². The molecule has 2 rings (SSSR count). The van der Waals surface area contributed by atoms with Crippen LogP contribution in [0.15, 0.2) is 30.3 Å². The van der Waals surface area contributed by atoms with Gasteiger partial charge in [-0.2, -0.15) is 0 Å². The Morgan fingerprint density at radius 3 is 2.67 bits per heavy atom. The molecule has 1 aliphatic carbocycles. The Kier molecular flexibility index (Phi) is 6.43. The molecular weight excluding hydrogens is 312 g/mol. The molecule has 0 aromatic heterocycles. The van der Waals surface area contributed by atoms with E-state index in [0.717, 1.165) is 5.75 Å². The average molecular weight is 336 g/mol. The molecule has 7 nitrogen and oxygen atoms in total. The molecule has 0 bridgehead atoms. The van der Waals surface area contributed by atoms with Gasteiger partial charge >= 0.3 is 12.0 Å². The zero-order valence-electron chi connectivity index (χ0n) is 14.0. The third-order valence-electron chi connectivity index (χ3n) is 3.96. The van der Waals surface area contributed by atoms with Crippen molar-refractivity contribution in [2.24, 2.45) is 0 Å². The van der Waals surface area contributed by atoms with Crippen LogP contribution in [0.2, 0.25) is 0 Å². The van der Waals surface area contributed by atoms with Crippen LogP contribution in [0.4, 0.5) is 4.79 Å². The monoisotopic (exact) mass is 336 g/mol. The number of carboxylic acid groups (broad SMARTS) is 1. The van der Waals surface area contributed by atoms with Gasteiger partial charge in [-0.3, -0.25) is 4.79 Å². The van der Waals surface area contributed by atoms with Gasteiger partial charge in [-0.05, 0) is 19.1 Å². The van der Waals surface area contributed by atoms with Gasteiger partial charge in [-0.25, -0.2) is 4.79 Å². The van der Waals surface area contributed by atoms with Crippen molar-refractivity contribution in [3.05, 3.63) is 30.3 Å². The molecule has 2 N–H and O–H groups in total. The van der Waals surface area contributed by atoms with Crippen molar-refractivity contribution in [2.45, 2.75) is 38.0 Å². The number of amides is 2. The number of benzene rings is 1. The number of carboxylic acids is 1. The van der Waals surface area contributed by atoms with Crippen molar-refractivity contribution in [3.8, 4) is 5.75 Å². The molecule has 0 aliphatic heterocycles. The zero-order chi connectivity index (χ0) is 17.5. The van der Waals surface area contributed by atoms with E-state index >= 15 is 0 Å². The van der Waals surface area contributed by atoms with Gasteiger partial charge in [-0.15, -0.1) is 0 Å². The minimum Gasteiger partial charge on any atom is -0.486 e. The summed E-state index contributed by atoms with van der Waals surface area (Å²) in [6, 6.07) is 8.93. The molecule has 3 unspecified atom stereocenters. The van der Waals surface area contributed by atoms with Gasteiger partial charge in [0, 0.05) is 26.6 Å². The second-order valence-electron chi connectivity index (χ2n) is 5.75. The van der Waals surface area contributed by atoms with Crippen LogP contribution in [0.5, 0.6) is 5.75 Å². The summed E-state index contributed by atoms with van der Waals surface area (Å²) in [7, 11) is 1.57. The third-order valence-corrected chi connectivity index (χ3v) is 3.96. The molecule has 7 heteroatoms. The highest BCUT2D eigenvalue weighted by Gasteiger charge is 2.45. The quantitative estimate of drug-likeness (QED) is 0.755. The predicted octanol–water partition coefficient (Wildman–Crippen LogP) is 1.73. The lowest BCUT2D eigenvalue weighted by Gasteiger charge is -2.44. The first-order valence-electron chi connectivity index (χ1n) is 8.08. The van der Waals surface area contributed by atoms with Crippen LogP contribution in [0, 0.1) is 0 Å². The lowest BCUT2D eigenvalue weighted by Crippen LogP contribution is -2.64. The Balaban J connectivity index is 1.90. The number of nitrogens with one attached hydrogen (secondary N) is 1. The third kappa shape index (κ3) is 4.86. The van der Waals surface area contributed by atoms with Crippen molar-refractivity contribution in [1.29, 1.82) is 0 Å². The van der Waals surface area contributed by atoms with Crippen molar-refractivity contribution < 1.29 is 24.2 Å². The number of hydrogen-bond acceptors (Lipinski definition) is 4. The second kappa shape index (κ2) is 8.54. The fraction of sp³-hybridized carbons (Fsp3) is 0.529. The summed E-state index contributed by atoms with van der Waals surface area (Å²) in [4.78, 5) is 24.1. The Morgan fingerprint density at radius 1 is 1.33 bits per heavy atom. The van der Waals surface area contributed by atoms with Crippen molar-refractivity contribution in [2.75, 3.05) is 20.2 Å². The maximum Gasteiger partial charge on any atom is 0.317 e. The van der Waals surface area contributed by atoms with Crippen LogP contribution in [-0.2, 0) is 9.53 Å². The Morgan fingerprint density at radius 2 is 2.04 bits per heavy atom. The summed E-state index contributed by atoms with van der Waals surface area (Å²) in [6.07, 6.45) is 0.262. The van der Waals surface area contributed by atoms with Gasteiger partial charge in [0.1, 0.15) is 11.9 Å². The van der Waals surface area contributed by atoms with Crippen LogP contribution in [0.1, 0.15) is 19.8 Å². The number of aliphatic carboxylic acids is 1. The second-order valence-corrected chi connectivity index (χ2v) is 5.75. The fourth-order valence-electron chi connectivity index (χ4n) is 2.55. The molecule has 0 saturated heterocycles. The van der Waals surface area contributed by atoms with Gasteiger partial charge in [0.25, 0.3) is 0 Å². The SMILES string of the molecule is CCOC1CC(NC(=O)N(C)CCC(=O)O)C1Oc1ccccc1. The van der Waals surface area contributed by atoms with E-state index in [0.29, 0.717) is 13.0 Å². The maximum atomic E-state index is 12.1. The molecule has 132 valence electrons. The first-order chi connectivity index (χ1) is 11.5. The number of ether oxygens (including phenoxy) is 2. The van der Waals surface area contributed by atoms with E-state index in [1.165, 1.54) is 4.90 Å². The van der Waals surface area contributed by atoms with Crippen molar-refractivity contribution >= 4 is 12.0 Å². The van der Waals surface area contributed by atoms with Gasteiger partial charge in [0.05, 0.1) is 18.6 Å². The van der Waals surface area contributed by atoms with Crippen LogP contribution in [0.3, 0.4) is 0 Å². The highest BCUT2D eigenvalue weighted by Crippen LogP contribution is 2.29. The first-order valence-corrected chi connectivity index (χ1v) is 8.08. The molecule has 1 aromatic carbocycles. The highest BCUT2D eigenvalue weighted by molar-refractivity contribution is 5.75. The highest BCUT2D eigenvalue weighted by atomic mass is 16.5. The molecule has 0 radical (unpaired) electrons. The summed E-state index contributed by atoms with van der Waals surface area (Å²) in [5.41, 5.74) is 0. The number of nitrogens with zero attached hydrogens (tertiary/aromatic N) is 1. The first kappa shape index (κ1) is 18.1. The Bertz CT molecular complexity index is 551. The standard InChI is InChI=1S/C17H24N2O5/c1-3-23-14-11-13(16(14)24-12-7-5-4-6-8-12)18-17(22)19(2)10-9-15(20)21/h4-8,13-14,16H,3,9-11H2,1-2H3,(H,18,22)(H,20,21). The molecule has 0 heterocycles. The largest absolute Gasteiger partial charge is 0.486 e. The van der Waals surface area contributed by atoms with E-state index in [1.807, 2.05) is 37.3 Å². The van der Waals surface area contributed by atoms with Gasteiger partial charge in [-0.1, -0.05) is 18.2 Å².